The number of aryl methyl sites for hydroxylation is 1. The van der Waals surface area contributed by atoms with Gasteiger partial charge in [0.05, 0.1) is 29.6 Å². The number of aromatic carboxylic acids is 1. The van der Waals surface area contributed by atoms with Gasteiger partial charge >= 0.3 is 0 Å². The van der Waals surface area contributed by atoms with Crippen molar-refractivity contribution in [2.45, 2.75) is 39.7 Å². The van der Waals surface area contributed by atoms with Crippen LogP contribution in [0, 0.1) is 6.92 Å². The van der Waals surface area contributed by atoms with Gasteiger partial charge in [-0.15, -0.1) is 11.3 Å². The summed E-state index contributed by atoms with van der Waals surface area (Å²) in [5.74, 6) is -0.651. The Morgan fingerprint density at radius 3 is 2.60 bits per heavy atom. The quantitative estimate of drug-likeness (QED) is 0.688. The zero-order chi connectivity index (χ0) is 18.2. The number of carboxylic acids is 1. The normalized spacial score (nSPS) is 10.5. The van der Waals surface area contributed by atoms with Gasteiger partial charge in [0.1, 0.15) is 10.8 Å². The molecule has 0 spiro atoms. The van der Waals surface area contributed by atoms with Crippen molar-refractivity contribution in [2.75, 3.05) is 6.61 Å². The van der Waals surface area contributed by atoms with E-state index in [-0.39, 0.29) is 17.2 Å². The largest absolute Gasteiger partial charge is 0.544 e. The molecule has 1 N–H and O–H groups in total. The third kappa shape index (κ3) is 5.86. The van der Waals surface area contributed by atoms with Crippen molar-refractivity contribution >= 4 is 23.2 Å². The van der Waals surface area contributed by atoms with Crippen molar-refractivity contribution in [3.63, 3.8) is 0 Å². The van der Waals surface area contributed by atoms with Gasteiger partial charge in [-0.05, 0) is 31.0 Å². The Morgan fingerprint density at radius 2 is 2.00 bits per heavy atom. The van der Waals surface area contributed by atoms with Gasteiger partial charge in [0.15, 0.2) is 0 Å². The first-order chi connectivity index (χ1) is 12.0. The Labute approximate surface area is 150 Å². The monoisotopic (exact) mass is 361 g/mol. The highest BCUT2D eigenvalue weighted by Gasteiger charge is 2.12. The molecule has 1 heterocycles. The van der Waals surface area contributed by atoms with Gasteiger partial charge in [0.2, 0.25) is 5.91 Å². The zero-order valence-electron chi connectivity index (χ0n) is 14.3. The van der Waals surface area contributed by atoms with Crippen LogP contribution in [-0.2, 0) is 17.8 Å². The van der Waals surface area contributed by atoms with Gasteiger partial charge in [0.25, 0.3) is 0 Å². The van der Waals surface area contributed by atoms with Crippen molar-refractivity contribution < 1.29 is 19.4 Å². The lowest BCUT2D eigenvalue weighted by atomic mass is 10.2. The van der Waals surface area contributed by atoms with E-state index in [2.05, 4.69) is 17.2 Å². The molecular weight excluding hydrogens is 340 g/mol. The molecule has 0 radical (unpaired) electrons. The van der Waals surface area contributed by atoms with Crippen molar-refractivity contribution in [3.8, 4) is 5.75 Å². The highest BCUT2D eigenvalue weighted by atomic mass is 32.1. The number of nitrogens with one attached hydrogen (secondary N) is 1. The zero-order valence-corrected chi connectivity index (χ0v) is 15.1. The predicted molar refractivity (Wildman–Crippen MR) is 93.6 cm³/mol. The van der Waals surface area contributed by atoms with Crippen LogP contribution in [0.15, 0.2) is 24.3 Å². The molecule has 0 aliphatic carbocycles. The fourth-order valence-corrected chi connectivity index (χ4v) is 3.05. The number of carbonyl (C=O) groups excluding carboxylic acids is 2. The summed E-state index contributed by atoms with van der Waals surface area (Å²) >= 11 is 0.978. The summed E-state index contributed by atoms with van der Waals surface area (Å²) in [6.07, 6.45) is 2.16. The van der Waals surface area contributed by atoms with Gasteiger partial charge in [-0.1, -0.05) is 25.5 Å². The van der Waals surface area contributed by atoms with Gasteiger partial charge in [0, 0.05) is 6.54 Å². The molecule has 134 valence electrons. The second-order valence-electron chi connectivity index (χ2n) is 5.61. The molecule has 0 aliphatic rings. The average Bonchev–Trinajstić information content (AvgIpc) is 2.95. The van der Waals surface area contributed by atoms with E-state index in [4.69, 9.17) is 4.74 Å². The maximum atomic E-state index is 12.0. The van der Waals surface area contributed by atoms with Crippen LogP contribution < -0.4 is 15.2 Å². The minimum Gasteiger partial charge on any atom is -0.544 e. The second-order valence-corrected chi connectivity index (χ2v) is 6.69. The molecule has 0 atom stereocenters. The van der Waals surface area contributed by atoms with Gasteiger partial charge in [-0.25, -0.2) is 4.98 Å². The first kappa shape index (κ1) is 18.9. The molecule has 0 saturated carbocycles. The number of aromatic nitrogens is 1. The lowest BCUT2D eigenvalue weighted by molar-refractivity contribution is -0.254. The maximum Gasteiger partial charge on any atom is 0.227 e. The molecule has 0 fully saturated rings. The summed E-state index contributed by atoms with van der Waals surface area (Å²) in [6.45, 7) is 4.80. The first-order valence-corrected chi connectivity index (χ1v) is 8.97. The van der Waals surface area contributed by atoms with Crippen molar-refractivity contribution in [1.82, 2.24) is 10.3 Å². The molecule has 0 bridgehead atoms. The highest BCUT2D eigenvalue weighted by molar-refractivity contribution is 7.13. The van der Waals surface area contributed by atoms with E-state index >= 15 is 0 Å². The van der Waals surface area contributed by atoms with Crippen LogP contribution in [0.3, 0.4) is 0 Å². The Hall–Kier alpha value is -2.41. The third-order valence-electron chi connectivity index (χ3n) is 3.52. The van der Waals surface area contributed by atoms with Crippen molar-refractivity contribution in [3.05, 3.63) is 45.4 Å². The van der Waals surface area contributed by atoms with Crippen molar-refractivity contribution in [1.29, 1.82) is 0 Å². The molecule has 1 aromatic heterocycles. The van der Waals surface area contributed by atoms with Crippen LogP contribution in [0.5, 0.6) is 5.75 Å². The summed E-state index contributed by atoms with van der Waals surface area (Å²) in [6, 6.07) is 7.58. The number of thiazole rings is 1. The van der Waals surface area contributed by atoms with Gasteiger partial charge in [-0.2, -0.15) is 0 Å². The Kier molecular flexibility index (Phi) is 6.94. The van der Waals surface area contributed by atoms with Gasteiger partial charge < -0.3 is 20.0 Å². The molecule has 25 heavy (non-hydrogen) atoms. The maximum absolute atomic E-state index is 12.0. The number of nitrogens with zero attached hydrogens (tertiary/aromatic N) is 1. The van der Waals surface area contributed by atoms with Gasteiger partial charge in [-0.3, -0.25) is 4.79 Å². The number of carboxylic acid groups (broad SMARTS) is 1. The minimum absolute atomic E-state index is 0.0526. The average molecular weight is 361 g/mol. The molecule has 0 aliphatic heterocycles. The fraction of sp³-hybridized carbons (Fsp3) is 0.389. The molecule has 1 aromatic carbocycles. The van der Waals surface area contributed by atoms with E-state index < -0.39 is 5.97 Å². The van der Waals surface area contributed by atoms with Crippen LogP contribution in [0.2, 0.25) is 0 Å². The van der Waals surface area contributed by atoms with Crippen LogP contribution in [0.4, 0.5) is 0 Å². The lowest BCUT2D eigenvalue weighted by Gasteiger charge is -2.07. The fourth-order valence-electron chi connectivity index (χ4n) is 2.16. The number of amides is 1. The lowest BCUT2D eigenvalue weighted by Crippen LogP contribution is -2.24. The summed E-state index contributed by atoms with van der Waals surface area (Å²) in [5, 5.41) is 14.2. The standard InChI is InChI=1S/C18H22N2O4S/c1-3-4-9-24-14-7-5-13(6-8-14)11-19-15(21)10-16-20-12(2)17(25-16)18(22)23/h5-8H,3-4,9-11H2,1-2H3,(H,19,21)(H,22,23)/p-1. The molecule has 0 saturated heterocycles. The summed E-state index contributed by atoms with van der Waals surface area (Å²) in [7, 11) is 0. The highest BCUT2D eigenvalue weighted by Crippen LogP contribution is 2.18. The van der Waals surface area contributed by atoms with E-state index in [1.807, 2.05) is 24.3 Å². The number of unbranched alkanes of at least 4 members (excludes halogenated alkanes) is 1. The van der Waals surface area contributed by atoms with E-state index in [9.17, 15) is 14.7 Å². The predicted octanol–water partition coefficient (Wildman–Crippen LogP) is 1.85. The third-order valence-corrected chi connectivity index (χ3v) is 4.66. The molecular formula is C18H21N2O4S-. The number of rotatable bonds is 9. The van der Waals surface area contributed by atoms with E-state index in [1.165, 1.54) is 0 Å². The van der Waals surface area contributed by atoms with Crippen LogP contribution in [0.25, 0.3) is 0 Å². The SMILES string of the molecule is CCCCOc1ccc(CNC(=O)Cc2nc(C)c(C(=O)[O-])s2)cc1. The number of hydrogen-bond donors (Lipinski definition) is 1. The smallest absolute Gasteiger partial charge is 0.227 e. The number of carbonyl (C=O) groups is 2. The number of ether oxygens (including phenoxy) is 1. The summed E-state index contributed by atoms with van der Waals surface area (Å²) < 4.78 is 5.59. The second kappa shape index (κ2) is 9.17. The van der Waals surface area contributed by atoms with E-state index in [0.717, 1.165) is 35.5 Å². The Balaban J connectivity index is 1.81. The van der Waals surface area contributed by atoms with E-state index in [1.54, 1.807) is 6.92 Å². The van der Waals surface area contributed by atoms with E-state index in [0.29, 0.717) is 23.9 Å². The number of hydrogen-bond acceptors (Lipinski definition) is 6. The topological polar surface area (TPSA) is 91.3 Å². The Morgan fingerprint density at radius 1 is 1.28 bits per heavy atom. The molecule has 2 rings (SSSR count). The molecule has 1 amide bonds. The minimum atomic E-state index is -1.26. The van der Waals surface area contributed by atoms with Crippen molar-refractivity contribution in [2.24, 2.45) is 0 Å². The molecule has 2 aromatic rings. The Bertz CT molecular complexity index is 725. The number of benzene rings is 1. The summed E-state index contributed by atoms with van der Waals surface area (Å²) in [4.78, 5) is 27.0. The molecule has 7 heteroatoms. The molecule has 6 nitrogen and oxygen atoms in total. The first-order valence-electron chi connectivity index (χ1n) is 8.15. The molecule has 0 unspecified atom stereocenters. The summed E-state index contributed by atoms with van der Waals surface area (Å²) in [5.41, 5.74) is 1.34. The van der Waals surface area contributed by atoms with Crippen LogP contribution in [0.1, 0.15) is 45.7 Å². The van der Waals surface area contributed by atoms with Crippen LogP contribution in [-0.4, -0.2) is 23.5 Å². The van der Waals surface area contributed by atoms with Crippen LogP contribution >= 0.6 is 11.3 Å².